The molecule has 64 valence electrons. The molecule has 2 nitrogen and oxygen atoms in total. The maximum Gasteiger partial charge on any atom is 0.223 e. The summed E-state index contributed by atoms with van der Waals surface area (Å²) in [5.41, 5.74) is -0.0103. The van der Waals surface area contributed by atoms with Crippen LogP contribution in [-0.2, 0) is 4.79 Å². The van der Waals surface area contributed by atoms with Crippen LogP contribution in [0.2, 0.25) is 0 Å². The SMILES string of the molecule is CC1CC(C)C(C)(C)NC1=O. The highest BCUT2D eigenvalue weighted by molar-refractivity contribution is 5.80. The summed E-state index contributed by atoms with van der Waals surface area (Å²) in [6.45, 7) is 8.35. The average molecular weight is 155 g/mol. The molecule has 11 heavy (non-hydrogen) atoms. The zero-order valence-electron chi connectivity index (χ0n) is 7.77. The van der Waals surface area contributed by atoms with E-state index in [0.29, 0.717) is 5.92 Å². The Morgan fingerprint density at radius 3 is 2.45 bits per heavy atom. The number of nitrogens with one attached hydrogen (secondary N) is 1. The van der Waals surface area contributed by atoms with E-state index in [-0.39, 0.29) is 17.4 Å². The number of amides is 1. The van der Waals surface area contributed by atoms with Crippen LogP contribution in [0.3, 0.4) is 0 Å². The summed E-state index contributed by atoms with van der Waals surface area (Å²) < 4.78 is 0. The minimum Gasteiger partial charge on any atom is -0.351 e. The van der Waals surface area contributed by atoms with Gasteiger partial charge in [-0.2, -0.15) is 0 Å². The third kappa shape index (κ3) is 1.55. The number of rotatable bonds is 0. The Labute approximate surface area is 68.4 Å². The lowest BCUT2D eigenvalue weighted by Crippen LogP contribution is -2.54. The second-order valence-corrected chi connectivity index (χ2v) is 4.25. The van der Waals surface area contributed by atoms with E-state index < -0.39 is 0 Å². The van der Waals surface area contributed by atoms with Gasteiger partial charge in [0.15, 0.2) is 0 Å². The van der Waals surface area contributed by atoms with E-state index in [1.807, 2.05) is 6.92 Å². The van der Waals surface area contributed by atoms with Crippen LogP contribution in [0, 0.1) is 11.8 Å². The Balaban J connectivity index is 2.70. The van der Waals surface area contributed by atoms with Crippen molar-refractivity contribution in [1.82, 2.24) is 5.32 Å². The molecular formula is C9H17NO. The minimum absolute atomic E-state index is 0.0103. The summed E-state index contributed by atoms with van der Waals surface area (Å²) in [5.74, 6) is 0.973. The molecule has 0 aliphatic carbocycles. The third-order valence-electron chi connectivity index (χ3n) is 2.83. The van der Waals surface area contributed by atoms with Crippen molar-refractivity contribution < 1.29 is 4.79 Å². The van der Waals surface area contributed by atoms with Gasteiger partial charge in [-0.25, -0.2) is 0 Å². The second-order valence-electron chi connectivity index (χ2n) is 4.25. The molecule has 1 heterocycles. The second kappa shape index (κ2) is 2.50. The predicted octanol–water partition coefficient (Wildman–Crippen LogP) is 1.56. The first-order valence-corrected chi connectivity index (χ1v) is 4.25. The van der Waals surface area contributed by atoms with Gasteiger partial charge in [-0.05, 0) is 26.2 Å². The van der Waals surface area contributed by atoms with Crippen LogP contribution in [-0.4, -0.2) is 11.4 Å². The summed E-state index contributed by atoms with van der Waals surface area (Å²) in [4.78, 5) is 11.2. The molecule has 0 aromatic carbocycles. The highest BCUT2D eigenvalue weighted by Gasteiger charge is 2.35. The molecule has 2 unspecified atom stereocenters. The van der Waals surface area contributed by atoms with Gasteiger partial charge in [0.2, 0.25) is 5.91 Å². The molecule has 1 fully saturated rings. The number of hydrogen-bond donors (Lipinski definition) is 1. The Morgan fingerprint density at radius 2 is 2.00 bits per heavy atom. The highest BCUT2D eigenvalue weighted by atomic mass is 16.2. The molecule has 2 atom stereocenters. The van der Waals surface area contributed by atoms with Gasteiger partial charge in [0.1, 0.15) is 0 Å². The Bertz CT molecular complexity index is 174. The number of piperidine rings is 1. The van der Waals surface area contributed by atoms with E-state index in [9.17, 15) is 4.79 Å². The average Bonchev–Trinajstić information content (AvgIpc) is 1.83. The van der Waals surface area contributed by atoms with Crippen LogP contribution in [0.5, 0.6) is 0 Å². The molecule has 0 spiro atoms. The lowest BCUT2D eigenvalue weighted by Gasteiger charge is -2.39. The first-order valence-electron chi connectivity index (χ1n) is 4.25. The number of hydrogen-bond acceptors (Lipinski definition) is 1. The lowest BCUT2D eigenvalue weighted by molar-refractivity contribution is -0.130. The van der Waals surface area contributed by atoms with Crippen LogP contribution in [0.4, 0.5) is 0 Å². The smallest absolute Gasteiger partial charge is 0.223 e. The molecular weight excluding hydrogens is 138 g/mol. The molecule has 1 aliphatic heterocycles. The predicted molar refractivity (Wildman–Crippen MR) is 45.2 cm³/mol. The quantitative estimate of drug-likeness (QED) is 0.565. The van der Waals surface area contributed by atoms with Crippen molar-refractivity contribution in [3.63, 3.8) is 0 Å². The highest BCUT2D eigenvalue weighted by Crippen LogP contribution is 2.28. The zero-order chi connectivity index (χ0) is 8.65. The van der Waals surface area contributed by atoms with Gasteiger partial charge < -0.3 is 5.32 Å². The fourth-order valence-electron chi connectivity index (χ4n) is 1.50. The standard InChI is InChI=1S/C9H17NO/c1-6-5-7(2)9(3,4)10-8(6)11/h6-7H,5H2,1-4H3,(H,10,11). The van der Waals surface area contributed by atoms with Gasteiger partial charge >= 0.3 is 0 Å². The van der Waals surface area contributed by atoms with Crippen LogP contribution in [0.25, 0.3) is 0 Å². The molecule has 1 aliphatic rings. The summed E-state index contributed by atoms with van der Waals surface area (Å²) in [5, 5.41) is 3.02. The monoisotopic (exact) mass is 155 g/mol. The third-order valence-corrected chi connectivity index (χ3v) is 2.83. The molecule has 0 aromatic heterocycles. The maximum absolute atomic E-state index is 11.2. The molecule has 2 heteroatoms. The van der Waals surface area contributed by atoms with Gasteiger partial charge in [0, 0.05) is 11.5 Å². The van der Waals surface area contributed by atoms with E-state index >= 15 is 0 Å². The van der Waals surface area contributed by atoms with Crippen molar-refractivity contribution in [2.75, 3.05) is 0 Å². The van der Waals surface area contributed by atoms with Gasteiger partial charge in [-0.15, -0.1) is 0 Å². The fraction of sp³-hybridized carbons (Fsp3) is 0.889. The fourth-order valence-corrected chi connectivity index (χ4v) is 1.50. The van der Waals surface area contributed by atoms with Crippen molar-refractivity contribution in [2.24, 2.45) is 11.8 Å². The van der Waals surface area contributed by atoms with Gasteiger partial charge in [-0.1, -0.05) is 13.8 Å². The molecule has 0 aromatic rings. The molecule has 0 bridgehead atoms. The van der Waals surface area contributed by atoms with Crippen molar-refractivity contribution in [3.05, 3.63) is 0 Å². The molecule has 1 rings (SSSR count). The lowest BCUT2D eigenvalue weighted by atomic mass is 9.78. The van der Waals surface area contributed by atoms with Gasteiger partial charge in [-0.3, -0.25) is 4.79 Å². The molecule has 0 radical (unpaired) electrons. The Kier molecular flexibility index (Phi) is 1.95. The van der Waals surface area contributed by atoms with Gasteiger partial charge in [0.25, 0.3) is 0 Å². The van der Waals surface area contributed by atoms with Crippen molar-refractivity contribution >= 4 is 5.91 Å². The Morgan fingerprint density at radius 1 is 1.45 bits per heavy atom. The largest absolute Gasteiger partial charge is 0.351 e. The summed E-state index contributed by atoms with van der Waals surface area (Å²) >= 11 is 0. The number of carbonyl (C=O) groups excluding carboxylic acids is 1. The van der Waals surface area contributed by atoms with Gasteiger partial charge in [0.05, 0.1) is 0 Å². The minimum atomic E-state index is -0.0103. The van der Waals surface area contributed by atoms with Crippen LogP contribution in [0.1, 0.15) is 34.1 Å². The Hall–Kier alpha value is -0.530. The van der Waals surface area contributed by atoms with Crippen molar-refractivity contribution in [3.8, 4) is 0 Å². The zero-order valence-corrected chi connectivity index (χ0v) is 7.77. The molecule has 1 amide bonds. The van der Waals surface area contributed by atoms with Crippen LogP contribution >= 0.6 is 0 Å². The van der Waals surface area contributed by atoms with Crippen LogP contribution in [0.15, 0.2) is 0 Å². The topological polar surface area (TPSA) is 29.1 Å². The summed E-state index contributed by atoms with van der Waals surface area (Å²) in [7, 11) is 0. The van der Waals surface area contributed by atoms with E-state index in [2.05, 4.69) is 26.1 Å². The summed E-state index contributed by atoms with van der Waals surface area (Å²) in [6.07, 6.45) is 1.01. The first-order chi connectivity index (χ1) is 4.93. The molecule has 0 saturated carbocycles. The van der Waals surface area contributed by atoms with Crippen LogP contribution < -0.4 is 5.32 Å². The van der Waals surface area contributed by atoms with E-state index in [4.69, 9.17) is 0 Å². The van der Waals surface area contributed by atoms with E-state index in [0.717, 1.165) is 6.42 Å². The molecule has 1 saturated heterocycles. The molecule has 1 N–H and O–H groups in total. The normalized spacial score (nSPS) is 36.5. The number of carbonyl (C=O) groups is 1. The van der Waals surface area contributed by atoms with Crippen molar-refractivity contribution in [2.45, 2.75) is 39.7 Å². The summed E-state index contributed by atoms with van der Waals surface area (Å²) in [6, 6.07) is 0. The van der Waals surface area contributed by atoms with Crippen molar-refractivity contribution in [1.29, 1.82) is 0 Å². The van der Waals surface area contributed by atoms with E-state index in [1.165, 1.54) is 0 Å². The van der Waals surface area contributed by atoms with E-state index in [1.54, 1.807) is 0 Å². The maximum atomic E-state index is 11.2. The first kappa shape index (κ1) is 8.57.